The van der Waals surface area contributed by atoms with Crippen LogP contribution >= 0.6 is 0 Å². The second kappa shape index (κ2) is 7.44. The summed E-state index contributed by atoms with van der Waals surface area (Å²) in [6, 6.07) is 12.3. The lowest BCUT2D eigenvalue weighted by molar-refractivity contribution is 0.0521. The molecule has 1 unspecified atom stereocenters. The zero-order chi connectivity index (χ0) is 18.0. The normalized spacial score (nSPS) is 16.9. The minimum absolute atomic E-state index is 0.122. The summed E-state index contributed by atoms with van der Waals surface area (Å²) < 4.78 is 2.21. The van der Waals surface area contributed by atoms with E-state index in [1.807, 2.05) is 43.0 Å². The van der Waals surface area contributed by atoms with Crippen LogP contribution in [0, 0.1) is 19.8 Å². The van der Waals surface area contributed by atoms with Crippen molar-refractivity contribution >= 4 is 5.91 Å². The van der Waals surface area contributed by atoms with Crippen molar-refractivity contribution in [3.05, 3.63) is 58.9 Å². The summed E-state index contributed by atoms with van der Waals surface area (Å²) in [5.74, 6) is 0.436. The summed E-state index contributed by atoms with van der Waals surface area (Å²) in [7, 11) is 0. The van der Waals surface area contributed by atoms with Crippen LogP contribution in [0.3, 0.4) is 0 Å². The number of likely N-dealkylation sites (tertiary alicyclic amines) is 1. The summed E-state index contributed by atoms with van der Waals surface area (Å²) in [4.78, 5) is 14.9. The van der Waals surface area contributed by atoms with Gasteiger partial charge in [0, 0.05) is 31.0 Å². The van der Waals surface area contributed by atoms with Crippen LogP contribution in [-0.4, -0.2) is 39.7 Å². The van der Waals surface area contributed by atoms with Crippen LogP contribution in [-0.2, 0) is 6.54 Å². The zero-order valence-electron chi connectivity index (χ0n) is 15.4. The van der Waals surface area contributed by atoms with Gasteiger partial charge in [0.1, 0.15) is 0 Å². The highest BCUT2D eigenvalue weighted by Gasteiger charge is 2.27. The van der Waals surface area contributed by atoms with Crippen LogP contribution in [0.5, 0.6) is 0 Å². The summed E-state index contributed by atoms with van der Waals surface area (Å²) in [5.41, 5.74) is 4.19. The van der Waals surface area contributed by atoms with Crippen molar-refractivity contribution in [2.75, 3.05) is 13.1 Å². The molecule has 25 heavy (non-hydrogen) atoms. The summed E-state index contributed by atoms with van der Waals surface area (Å²) in [6.07, 6.45) is 1.48. The van der Waals surface area contributed by atoms with Crippen molar-refractivity contribution in [1.29, 1.82) is 0 Å². The quantitative estimate of drug-likeness (QED) is 0.927. The van der Waals surface area contributed by atoms with Crippen molar-refractivity contribution in [1.82, 2.24) is 9.47 Å². The first-order chi connectivity index (χ1) is 12.0. The van der Waals surface area contributed by atoms with E-state index in [-0.39, 0.29) is 12.0 Å². The van der Waals surface area contributed by atoms with Crippen molar-refractivity contribution in [2.24, 2.45) is 5.92 Å². The molecule has 2 aromatic rings. The Bertz CT molecular complexity index is 726. The number of aromatic nitrogens is 1. The lowest BCUT2D eigenvalue weighted by atomic mass is 9.92. The third-order valence-electron chi connectivity index (χ3n) is 5.50. The molecule has 3 rings (SSSR count). The topological polar surface area (TPSA) is 45.5 Å². The molecule has 1 aromatic heterocycles. The molecule has 1 amide bonds. The number of benzene rings is 1. The maximum absolute atomic E-state index is 13.0. The fourth-order valence-electron chi connectivity index (χ4n) is 3.78. The molecule has 1 aromatic carbocycles. The Kier molecular flexibility index (Phi) is 5.28. The smallest absolute Gasteiger partial charge is 0.255 e. The fourth-order valence-corrected chi connectivity index (χ4v) is 3.78. The van der Waals surface area contributed by atoms with Gasteiger partial charge in [-0.3, -0.25) is 4.79 Å². The SMILES string of the molecule is Cc1cc(C(=O)N2CCC(C(C)O)CC2)c(C)n1Cc1ccccc1. The molecule has 4 nitrogen and oxygen atoms in total. The second-order valence-electron chi connectivity index (χ2n) is 7.23. The average molecular weight is 340 g/mol. The van der Waals surface area contributed by atoms with Crippen molar-refractivity contribution in [3.63, 3.8) is 0 Å². The molecule has 1 N–H and O–H groups in total. The van der Waals surface area contributed by atoms with Gasteiger partial charge in [-0.2, -0.15) is 0 Å². The molecule has 1 saturated heterocycles. The standard InChI is InChI=1S/C21H28N2O2/c1-15-13-20(16(2)23(15)14-18-7-5-4-6-8-18)21(25)22-11-9-19(10-12-22)17(3)24/h4-8,13,17,19,24H,9-12,14H2,1-3H3. The van der Waals surface area contributed by atoms with Gasteiger partial charge in [-0.05, 0) is 51.2 Å². The highest BCUT2D eigenvalue weighted by atomic mass is 16.3. The maximum atomic E-state index is 13.0. The first-order valence-electron chi connectivity index (χ1n) is 9.15. The van der Waals surface area contributed by atoms with E-state index in [2.05, 4.69) is 23.6 Å². The second-order valence-corrected chi connectivity index (χ2v) is 7.23. The predicted molar refractivity (Wildman–Crippen MR) is 99.8 cm³/mol. The first-order valence-corrected chi connectivity index (χ1v) is 9.15. The minimum Gasteiger partial charge on any atom is -0.393 e. The largest absolute Gasteiger partial charge is 0.393 e. The number of hydrogen-bond donors (Lipinski definition) is 1. The number of piperidine rings is 1. The monoisotopic (exact) mass is 340 g/mol. The van der Waals surface area contributed by atoms with Gasteiger partial charge in [-0.25, -0.2) is 0 Å². The lowest BCUT2D eigenvalue weighted by Crippen LogP contribution is -2.40. The van der Waals surface area contributed by atoms with E-state index in [1.165, 1.54) is 5.56 Å². The number of rotatable bonds is 4. The van der Waals surface area contributed by atoms with E-state index in [0.29, 0.717) is 5.92 Å². The third-order valence-corrected chi connectivity index (χ3v) is 5.50. The molecular formula is C21H28N2O2. The number of amides is 1. The molecule has 4 heteroatoms. The van der Waals surface area contributed by atoms with E-state index < -0.39 is 0 Å². The van der Waals surface area contributed by atoms with Gasteiger partial charge in [-0.15, -0.1) is 0 Å². The number of carbonyl (C=O) groups excluding carboxylic acids is 1. The van der Waals surface area contributed by atoms with Gasteiger partial charge in [-0.1, -0.05) is 30.3 Å². The number of aliphatic hydroxyl groups excluding tert-OH is 1. The van der Waals surface area contributed by atoms with E-state index >= 15 is 0 Å². The van der Waals surface area contributed by atoms with E-state index in [1.54, 1.807) is 0 Å². The maximum Gasteiger partial charge on any atom is 0.255 e. The van der Waals surface area contributed by atoms with Gasteiger partial charge in [0.25, 0.3) is 5.91 Å². The van der Waals surface area contributed by atoms with Crippen LogP contribution in [0.4, 0.5) is 0 Å². The highest BCUT2D eigenvalue weighted by molar-refractivity contribution is 5.95. The molecule has 0 radical (unpaired) electrons. The summed E-state index contributed by atoms with van der Waals surface area (Å²) >= 11 is 0. The van der Waals surface area contributed by atoms with Crippen molar-refractivity contribution in [3.8, 4) is 0 Å². The summed E-state index contributed by atoms with van der Waals surface area (Å²) in [6.45, 7) is 8.20. The molecule has 134 valence electrons. The van der Waals surface area contributed by atoms with Crippen LogP contribution in [0.15, 0.2) is 36.4 Å². The van der Waals surface area contributed by atoms with E-state index in [0.717, 1.165) is 49.4 Å². The van der Waals surface area contributed by atoms with Crippen molar-refractivity contribution < 1.29 is 9.90 Å². The van der Waals surface area contributed by atoms with Gasteiger partial charge >= 0.3 is 0 Å². The Labute approximate surface area is 150 Å². The number of hydrogen-bond acceptors (Lipinski definition) is 2. The Balaban J connectivity index is 1.75. The first kappa shape index (κ1) is 17.7. The highest BCUT2D eigenvalue weighted by Crippen LogP contribution is 2.24. The van der Waals surface area contributed by atoms with Gasteiger partial charge < -0.3 is 14.6 Å². The third kappa shape index (κ3) is 3.79. The molecule has 0 aliphatic carbocycles. The molecule has 0 spiro atoms. The molecular weight excluding hydrogens is 312 g/mol. The Morgan fingerprint density at radius 3 is 2.44 bits per heavy atom. The Morgan fingerprint density at radius 2 is 1.84 bits per heavy atom. The van der Waals surface area contributed by atoms with E-state index in [4.69, 9.17) is 0 Å². The molecule has 1 aliphatic rings. The van der Waals surface area contributed by atoms with Crippen LogP contribution in [0.25, 0.3) is 0 Å². The molecule has 0 bridgehead atoms. The van der Waals surface area contributed by atoms with Crippen LogP contribution in [0.1, 0.15) is 47.1 Å². The number of carbonyl (C=O) groups is 1. The Hall–Kier alpha value is -2.07. The van der Waals surface area contributed by atoms with Crippen molar-refractivity contribution in [2.45, 2.75) is 46.3 Å². The van der Waals surface area contributed by atoms with E-state index in [9.17, 15) is 9.90 Å². The van der Waals surface area contributed by atoms with Crippen LogP contribution in [0.2, 0.25) is 0 Å². The minimum atomic E-state index is -0.284. The molecule has 1 fully saturated rings. The average Bonchev–Trinajstić information content (AvgIpc) is 2.90. The fraction of sp³-hybridized carbons (Fsp3) is 0.476. The number of aliphatic hydroxyl groups is 1. The summed E-state index contributed by atoms with van der Waals surface area (Å²) in [5, 5.41) is 9.74. The number of aryl methyl sites for hydroxylation is 1. The number of nitrogens with zero attached hydrogens (tertiary/aromatic N) is 2. The lowest BCUT2D eigenvalue weighted by Gasteiger charge is -2.33. The van der Waals surface area contributed by atoms with Gasteiger partial charge in [0.15, 0.2) is 0 Å². The zero-order valence-corrected chi connectivity index (χ0v) is 15.4. The molecule has 1 aliphatic heterocycles. The van der Waals surface area contributed by atoms with Crippen LogP contribution < -0.4 is 0 Å². The molecule has 2 heterocycles. The van der Waals surface area contributed by atoms with Gasteiger partial charge in [0.2, 0.25) is 0 Å². The van der Waals surface area contributed by atoms with Gasteiger partial charge in [0.05, 0.1) is 11.7 Å². The Morgan fingerprint density at radius 1 is 1.20 bits per heavy atom. The molecule has 0 saturated carbocycles. The predicted octanol–water partition coefficient (Wildman–Crippen LogP) is 3.39. The molecule has 1 atom stereocenters.